The molecule has 0 atom stereocenters. The topological polar surface area (TPSA) is 50.7 Å². The lowest BCUT2D eigenvalue weighted by atomic mass is 10.2. The molecule has 0 aliphatic carbocycles. The summed E-state index contributed by atoms with van der Waals surface area (Å²) in [6, 6.07) is 18.2. The average Bonchev–Trinajstić information content (AvgIpc) is 3.15. The second-order valence-corrected chi connectivity index (χ2v) is 6.57. The molecular formula is C19H15ClN2O2S. The van der Waals surface area contributed by atoms with Crippen molar-refractivity contribution in [1.82, 2.24) is 5.43 Å². The van der Waals surface area contributed by atoms with E-state index in [2.05, 4.69) is 10.5 Å². The summed E-state index contributed by atoms with van der Waals surface area (Å²) in [6.45, 7) is 0.438. The van der Waals surface area contributed by atoms with Crippen LogP contribution in [0.2, 0.25) is 5.02 Å². The zero-order chi connectivity index (χ0) is 17.5. The fourth-order valence-corrected chi connectivity index (χ4v) is 2.74. The van der Waals surface area contributed by atoms with Crippen molar-refractivity contribution in [3.05, 3.63) is 87.1 Å². The molecule has 0 saturated heterocycles. The van der Waals surface area contributed by atoms with Crippen molar-refractivity contribution in [2.75, 3.05) is 0 Å². The molecular weight excluding hydrogens is 356 g/mol. The Morgan fingerprint density at radius 2 is 1.88 bits per heavy atom. The van der Waals surface area contributed by atoms with E-state index in [4.69, 9.17) is 16.3 Å². The van der Waals surface area contributed by atoms with Gasteiger partial charge in [0.2, 0.25) is 0 Å². The fourth-order valence-electron chi connectivity index (χ4n) is 2.03. The molecule has 0 unspecified atom stereocenters. The van der Waals surface area contributed by atoms with Crippen molar-refractivity contribution >= 4 is 35.1 Å². The van der Waals surface area contributed by atoms with Crippen LogP contribution in [0.1, 0.15) is 20.8 Å². The molecule has 0 aliphatic rings. The van der Waals surface area contributed by atoms with Crippen LogP contribution in [-0.4, -0.2) is 12.1 Å². The highest BCUT2D eigenvalue weighted by Gasteiger charge is 2.04. The lowest BCUT2D eigenvalue weighted by Crippen LogP contribution is -2.17. The summed E-state index contributed by atoms with van der Waals surface area (Å²) < 4.78 is 5.69. The summed E-state index contributed by atoms with van der Waals surface area (Å²) in [5.74, 6) is 0.422. The molecule has 0 spiro atoms. The summed E-state index contributed by atoms with van der Waals surface area (Å²) in [6.07, 6.45) is 1.62. The van der Waals surface area contributed by atoms with E-state index in [0.717, 1.165) is 10.4 Å². The van der Waals surface area contributed by atoms with Gasteiger partial charge in [0.05, 0.1) is 6.21 Å². The van der Waals surface area contributed by atoms with E-state index in [0.29, 0.717) is 22.9 Å². The van der Waals surface area contributed by atoms with Gasteiger partial charge < -0.3 is 4.74 Å². The van der Waals surface area contributed by atoms with Crippen LogP contribution in [0.5, 0.6) is 5.75 Å². The van der Waals surface area contributed by atoms with E-state index < -0.39 is 0 Å². The molecule has 0 fully saturated rings. The number of halogens is 1. The van der Waals surface area contributed by atoms with Gasteiger partial charge in [-0.3, -0.25) is 4.79 Å². The van der Waals surface area contributed by atoms with E-state index in [1.165, 1.54) is 0 Å². The van der Waals surface area contributed by atoms with Crippen LogP contribution in [0.25, 0.3) is 0 Å². The number of ether oxygens (including phenoxy) is 1. The number of amides is 1. The summed E-state index contributed by atoms with van der Waals surface area (Å²) in [5.41, 5.74) is 4.04. The normalized spacial score (nSPS) is 10.8. The lowest BCUT2D eigenvalue weighted by Gasteiger charge is -2.07. The van der Waals surface area contributed by atoms with Crippen LogP contribution in [0.4, 0.5) is 0 Å². The number of rotatable bonds is 6. The molecule has 3 aromatic rings. The Hall–Kier alpha value is -2.63. The summed E-state index contributed by atoms with van der Waals surface area (Å²) in [5, 5.41) is 6.59. The van der Waals surface area contributed by atoms with Gasteiger partial charge in [-0.1, -0.05) is 29.8 Å². The van der Waals surface area contributed by atoms with Crippen molar-refractivity contribution in [1.29, 1.82) is 0 Å². The predicted molar refractivity (Wildman–Crippen MR) is 102 cm³/mol. The summed E-state index contributed by atoms with van der Waals surface area (Å²) in [4.78, 5) is 13.0. The Labute approximate surface area is 154 Å². The highest BCUT2D eigenvalue weighted by Crippen LogP contribution is 2.16. The number of hydrogen-bond donors (Lipinski definition) is 1. The number of hydrazone groups is 1. The fraction of sp³-hybridized carbons (Fsp3) is 0.0526. The third kappa shape index (κ3) is 5.17. The van der Waals surface area contributed by atoms with Gasteiger partial charge in [-0.15, -0.1) is 11.3 Å². The summed E-state index contributed by atoms with van der Waals surface area (Å²) in [7, 11) is 0. The standard InChI is InChI=1S/C19H15ClN2O2S/c20-16-7-3-14(4-8-16)13-24-17-9-5-15(6-10-17)19(23)22-21-12-18-2-1-11-25-18/h1-12H,13H2,(H,22,23). The van der Waals surface area contributed by atoms with Crippen molar-refractivity contribution in [3.8, 4) is 5.75 Å². The first kappa shape index (κ1) is 17.2. The Morgan fingerprint density at radius 1 is 1.12 bits per heavy atom. The van der Waals surface area contributed by atoms with Crippen molar-refractivity contribution in [2.24, 2.45) is 5.10 Å². The Kier molecular flexibility index (Phi) is 5.82. The van der Waals surface area contributed by atoms with Gasteiger partial charge in [-0.25, -0.2) is 5.43 Å². The van der Waals surface area contributed by atoms with E-state index in [-0.39, 0.29) is 5.91 Å². The second kappa shape index (κ2) is 8.46. The molecule has 25 heavy (non-hydrogen) atoms. The molecule has 1 N–H and O–H groups in total. The molecule has 4 nitrogen and oxygen atoms in total. The number of nitrogens with zero attached hydrogens (tertiary/aromatic N) is 1. The minimum Gasteiger partial charge on any atom is -0.489 e. The number of hydrogen-bond acceptors (Lipinski definition) is 4. The van der Waals surface area contributed by atoms with Crippen LogP contribution in [0.15, 0.2) is 71.1 Å². The molecule has 0 aliphatic heterocycles. The van der Waals surface area contributed by atoms with Crippen LogP contribution < -0.4 is 10.2 Å². The first-order valence-electron chi connectivity index (χ1n) is 7.55. The smallest absolute Gasteiger partial charge is 0.271 e. The van der Waals surface area contributed by atoms with Crippen molar-refractivity contribution in [3.63, 3.8) is 0 Å². The Balaban J connectivity index is 1.52. The van der Waals surface area contributed by atoms with Crippen LogP contribution in [0.3, 0.4) is 0 Å². The molecule has 6 heteroatoms. The molecule has 1 heterocycles. The third-order valence-electron chi connectivity index (χ3n) is 3.34. The highest BCUT2D eigenvalue weighted by atomic mass is 35.5. The van der Waals surface area contributed by atoms with Crippen molar-refractivity contribution in [2.45, 2.75) is 6.61 Å². The van der Waals surface area contributed by atoms with Gasteiger partial charge in [-0.05, 0) is 53.4 Å². The number of carbonyl (C=O) groups is 1. The number of carbonyl (C=O) groups excluding carboxylic acids is 1. The molecule has 0 radical (unpaired) electrons. The van der Waals surface area contributed by atoms with Gasteiger partial charge in [0, 0.05) is 15.5 Å². The summed E-state index contributed by atoms with van der Waals surface area (Å²) >= 11 is 7.41. The number of benzene rings is 2. The SMILES string of the molecule is O=C(NN=Cc1cccs1)c1ccc(OCc2ccc(Cl)cc2)cc1. The van der Waals surface area contributed by atoms with E-state index in [1.807, 2.05) is 41.8 Å². The molecule has 2 aromatic carbocycles. The molecule has 1 amide bonds. The van der Waals surface area contributed by atoms with Gasteiger partial charge >= 0.3 is 0 Å². The molecule has 0 saturated carbocycles. The maximum absolute atomic E-state index is 12.0. The van der Waals surface area contributed by atoms with Gasteiger partial charge in [0.15, 0.2) is 0 Å². The number of thiophene rings is 1. The quantitative estimate of drug-likeness (QED) is 0.503. The van der Waals surface area contributed by atoms with E-state index in [1.54, 1.807) is 41.8 Å². The van der Waals surface area contributed by atoms with Crippen LogP contribution in [-0.2, 0) is 6.61 Å². The minimum absolute atomic E-state index is 0.267. The monoisotopic (exact) mass is 370 g/mol. The first-order valence-corrected chi connectivity index (χ1v) is 8.81. The van der Waals surface area contributed by atoms with Gasteiger partial charge in [-0.2, -0.15) is 5.10 Å². The Morgan fingerprint density at radius 3 is 2.56 bits per heavy atom. The molecule has 0 bridgehead atoms. The first-order chi connectivity index (χ1) is 12.2. The zero-order valence-electron chi connectivity index (χ0n) is 13.2. The van der Waals surface area contributed by atoms with Gasteiger partial charge in [0.1, 0.15) is 12.4 Å². The second-order valence-electron chi connectivity index (χ2n) is 5.15. The average molecular weight is 371 g/mol. The lowest BCUT2D eigenvalue weighted by molar-refractivity contribution is 0.0955. The molecule has 3 rings (SSSR count). The molecule has 126 valence electrons. The van der Waals surface area contributed by atoms with Crippen LogP contribution in [0, 0.1) is 0 Å². The maximum Gasteiger partial charge on any atom is 0.271 e. The van der Waals surface area contributed by atoms with E-state index >= 15 is 0 Å². The minimum atomic E-state index is -0.267. The van der Waals surface area contributed by atoms with Crippen molar-refractivity contribution < 1.29 is 9.53 Å². The predicted octanol–water partition coefficient (Wildman–Crippen LogP) is 4.74. The highest BCUT2D eigenvalue weighted by molar-refractivity contribution is 7.11. The van der Waals surface area contributed by atoms with Crippen LogP contribution >= 0.6 is 22.9 Å². The zero-order valence-corrected chi connectivity index (χ0v) is 14.8. The Bertz CT molecular complexity index is 844. The maximum atomic E-state index is 12.0. The number of nitrogens with one attached hydrogen (secondary N) is 1. The third-order valence-corrected chi connectivity index (χ3v) is 4.40. The molecule has 1 aromatic heterocycles. The van der Waals surface area contributed by atoms with E-state index in [9.17, 15) is 4.79 Å². The van der Waals surface area contributed by atoms with Gasteiger partial charge in [0.25, 0.3) is 5.91 Å². The largest absolute Gasteiger partial charge is 0.489 e.